The zero-order chi connectivity index (χ0) is 16.2. The number of hydrogen-bond donors (Lipinski definition) is 0. The van der Waals surface area contributed by atoms with E-state index in [9.17, 15) is 4.79 Å². The Hall–Kier alpha value is -2.46. The number of allylic oxidation sites excluding steroid dienone is 2. The summed E-state index contributed by atoms with van der Waals surface area (Å²) in [4.78, 5) is 12.5. The Labute approximate surface area is 143 Å². The highest BCUT2D eigenvalue weighted by Crippen LogP contribution is 2.25. The third kappa shape index (κ3) is 3.48. The van der Waals surface area contributed by atoms with Crippen molar-refractivity contribution in [3.63, 3.8) is 0 Å². The molecule has 4 heteroatoms. The minimum atomic E-state index is -0.109. The largest absolute Gasteiger partial charge is 0.280 e. The van der Waals surface area contributed by atoms with Gasteiger partial charge in [0.25, 0.3) is 5.91 Å². The minimum absolute atomic E-state index is 0.109. The second-order valence-corrected chi connectivity index (χ2v) is 6.04. The Morgan fingerprint density at radius 1 is 1.04 bits per heavy atom. The zero-order valence-electron chi connectivity index (χ0n) is 12.6. The molecule has 2 aromatic rings. The number of benzene rings is 2. The summed E-state index contributed by atoms with van der Waals surface area (Å²) in [7, 11) is 0. The fourth-order valence-corrected chi connectivity index (χ4v) is 2.55. The summed E-state index contributed by atoms with van der Waals surface area (Å²) >= 11 is 3.39. The number of halogens is 1. The number of amides is 1. The van der Waals surface area contributed by atoms with E-state index in [4.69, 9.17) is 0 Å². The average molecular weight is 367 g/mol. The molecule has 0 saturated heterocycles. The second-order valence-electron chi connectivity index (χ2n) is 5.13. The van der Waals surface area contributed by atoms with E-state index in [-0.39, 0.29) is 5.91 Å². The first-order valence-corrected chi connectivity index (χ1v) is 8.03. The smallest absolute Gasteiger partial charge is 0.267 e. The number of hydrazone groups is 1. The molecule has 0 spiro atoms. The van der Waals surface area contributed by atoms with Gasteiger partial charge in [-0.15, -0.1) is 0 Å². The number of anilines is 1. The fourth-order valence-electron chi connectivity index (χ4n) is 2.29. The monoisotopic (exact) mass is 366 g/mol. The van der Waals surface area contributed by atoms with Crippen LogP contribution >= 0.6 is 15.9 Å². The molecule has 114 valence electrons. The van der Waals surface area contributed by atoms with Crippen LogP contribution in [0.4, 0.5) is 5.69 Å². The van der Waals surface area contributed by atoms with Crippen molar-refractivity contribution in [1.82, 2.24) is 0 Å². The molecule has 1 aliphatic rings. The molecule has 0 aliphatic carbocycles. The van der Waals surface area contributed by atoms with Crippen molar-refractivity contribution < 1.29 is 4.79 Å². The van der Waals surface area contributed by atoms with Crippen LogP contribution in [0.2, 0.25) is 0 Å². The summed E-state index contributed by atoms with van der Waals surface area (Å²) in [5, 5.41) is 5.79. The molecule has 0 atom stereocenters. The van der Waals surface area contributed by atoms with Crippen LogP contribution in [-0.4, -0.2) is 11.6 Å². The molecular weight excluding hydrogens is 352 g/mol. The Kier molecular flexibility index (Phi) is 4.53. The van der Waals surface area contributed by atoms with Crippen molar-refractivity contribution in [3.05, 3.63) is 82.4 Å². The van der Waals surface area contributed by atoms with Gasteiger partial charge in [-0.25, -0.2) is 0 Å². The van der Waals surface area contributed by atoms with Gasteiger partial charge in [0.1, 0.15) is 0 Å². The summed E-state index contributed by atoms with van der Waals surface area (Å²) in [6, 6.07) is 17.5. The van der Waals surface area contributed by atoms with E-state index in [1.807, 2.05) is 79.7 Å². The molecule has 2 aromatic carbocycles. The van der Waals surface area contributed by atoms with Crippen molar-refractivity contribution in [2.24, 2.45) is 5.10 Å². The highest BCUT2D eigenvalue weighted by Gasteiger charge is 2.27. The number of hydrogen-bond acceptors (Lipinski definition) is 2. The van der Waals surface area contributed by atoms with Gasteiger partial charge in [-0.1, -0.05) is 58.4 Å². The van der Waals surface area contributed by atoms with Crippen LogP contribution in [0.3, 0.4) is 0 Å². The van der Waals surface area contributed by atoms with Crippen LogP contribution in [-0.2, 0) is 4.79 Å². The molecule has 0 saturated carbocycles. The van der Waals surface area contributed by atoms with Gasteiger partial charge in [0.2, 0.25) is 0 Å². The fraction of sp³-hybridized carbons (Fsp3) is 0.0526. The standard InChI is InChI=1S/C19H15BrN2O/c1-14-18(9-5-8-15-6-3-2-4-7-15)19(23)22(21-14)17-12-10-16(20)11-13-17/h2-13H,1H3/b8-5+,18-9+. The van der Waals surface area contributed by atoms with E-state index in [0.29, 0.717) is 5.57 Å². The second kappa shape index (κ2) is 6.75. The van der Waals surface area contributed by atoms with Gasteiger partial charge in [-0.3, -0.25) is 4.79 Å². The lowest BCUT2D eigenvalue weighted by Gasteiger charge is -2.11. The average Bonchev–Trinajstić information content (AvgIpc) is 2.85. The molecule has 1 amide bonds. The van der Waals surface area contributed by atoms with Crippen LogP contribution in [0.5, 0.6) is 0 Å². The molecule has 23 heavy (non-hydrogen) atoms. The first-order chi connectivity index (χ1) is 11.1. The first-order valence-electron chi connectivity index (χ1n) is 7.24. The highest BCUT2D eigenvalue weighted by molar-refractivity contribution is 9.10. The van der Waals surface area contributed by atoms with Crippen molar-refractivity contribution in [2.45, 2.75) is 6.92 Å². The lowest BCUT2D eigenvalue weighted by molar-refractivity contribution is -0.114. The number of nitrogens with zero attached hydrogens (tertiary/aromatic N) is 2. The van der Waals surface area contributed by atoms with E-state index >= 15 is 0 Å². The van der Waals surface area contributed by atoms with Crippen LogP contribution in [0.1, 0.15) is 12.5 Å². The lowest BCUT2D eigenvalue weighted by atomic mass is 10.1. The van der Waals surface area contributed by atoms with Crippen LogP contribution in [0, 0.1) is 0 Å². The van der Waals surface area contributed by atoms with Crippen molar-refractivity contribution >= 4 is 39.3 Å². The quantitative estimate of drug-likeness (QED) is 0.717. The third-order valence-corrected chi connectivity index (χ3v) is 4.01. The number of carbonyl (C=O) groups excluding carboxylic acids is 1. The number of rotatable bonds is 3. The lowest BCUT2D eigenvalue weighted by Crippen LogP contribution is -2.21. The summed E-state index contributed by atoms with van der Waals surface area (Å²) in [6.07, 6.45) is 5.66. The maximum atomic E-state index is 12.5. The Morgan fingerprint density at radius 3 is 2.43 bits per heavy atom. The first kappa shape index (κ1) is 15.4. The van der Waals surface area contributed by atoms with E-state index in [1.54, 1.807) is 0 Å². The molecular formula is C19H15BrN2O. The molecule has 0 aromatic heterocycles. The van der Waals surface area contributed by atoms with E-state index in [2.05, 4.69) is 21.0 Å². The maximum absolute atomic E-state index is 12.5. The zero-order valence-corrected chi connectivity index (χ0v) is 14.2. The molecule has 0 fully saturated rings. The van der Waals surface area contributed by atoms with Gasteiger partial charge in [0, 0.05) is 4.47 Å². The van der Waals surface area contributed by atoms with E-state index in [1.165, 1.54) is 5.01 Å². The maximum Gasteiger partial charge on any atom is 0.280 e. The van der Waals surface area contributed by atoms with E-state index < -0.39 is 0 Å². The number of carbonyl (C=O) groups is 1. The SMILES string of the molecule is CC1=NN(c2ccc(Br)cc2)C(=O)/C1=C/C=C/c1ccccc1. The molecule has 3 nitrogen and oxygen atoms in total. The summed E-state index contributed by atoms with van der Waals surface area (Å²) < 4.78 is 0.968. The van der Waals surface area contributed by atoms with Crippen LogP contribution in [0.25, 0.3) is 6.08 Å². The summed E-state index contributed by atoms with van der Waals surface area (Å²) in [6.45, 7) is 1.85. The third-order valence-electron chi connectivity index (χ3n) is 3.48. The van der Waals surface area contributed by atoms with Crippen LogP contribution < -0.4 is 5.01 Å². The topological polar surface area (TPSA) is 32.7 Å². The highest BCUT2D eigenvalue weighted by atomic mass is 79.9. The summed E-state index contributed by atoms with van der Waals surface area (Å²) in [5.41, 5.74) is 3.18. The van der Waals surface area contributed by atoms with Crippen LogP contribution in [0.15, 0.2) is 81.9 Å². The molecule has 3 rings (SSSR count). The summed E-state index contributed by atoms with van der Waals surface area (Å²) in [5.74, 6) is -0.109. The van der Waals surface area contributed by atoms with E-state index in [0.717, 1.165) is 21.4 Å². The Balaban J connectivity index is 1.81. The van der Waals surface area contributed by atoms with Gasteiger partial charge in [-0.2, -0.15) is 10.1 Å². The molecule has 1 aliphatic heterocycles. The Morgan fingerprint density at radius 2 is 1.74 bits per heavy atom. The molecule has 0 N–H and O–H groups in total. The molecule has 0 bridgehead atoms. The normalized spacial score (nSPS) is 16.4. The Bertz CT molecular complexity index is 805. The predicted octanol–water partition coefficient (Wildman–Crippen LogP) is 4.81. The van der Waals surface area contributed by atoms with Crippen molar-refractivity contribution in [1.29, 1.82) is 0 Å². The minimum Gasteiger partial charge on any atom is -0.267 e. The van der Waals surface area contributed by atoms with Gasteiger partial charge in [0.15, 0.2) is 0 Å². The predicted molar refractivity (Wildman–Crippen MR) is 98.3 cm³/mol. The van der Waals surface area contributed by atoms with Crippen molar-refractivity contribution in [3.8, 4) is 0 Å². The van der Waals surface area contributed by atoms with Crippen molar-refractivity contribution in [2.75, 3.05) is 5.01 Å². The van der Waals surface area contributed by atoms with Gasteiger partial charge in [-0.05, 0) is 42.8 Å². The molecule has 0 radical (unpaired) electrons. The molecule has 1 heterocycles. The van der Waals surface area contributed by atoms with Gasteiger partial charge < -0.3 is 0 Å². The van der Waals surface area contributed by atoms with Gasteiger partial charge >= 0.3 is 0 Å². The molecule has 0 unspecified atom stereocenters. The van der Waals surface area contributed by atoms with Gasteiger partial charge in [0.05, 0.1) is 17.0 Å².